The van der Waals surface area contributed by atoms with Gasteiger partial charge < -0.3 is 10.1 Å². The van der Waals surface area contributed by atoms with E-state index in [0.29, 0.717) is 12.5 Å². The molecule has 0 aromatic rings. The Morgan fingerprint density at radius 1 is 1.40 bits per heavy atom. The summed E-state index contributed by atoms with van der Waals surface area (Å²) in [6.45, 7) is 9.99. The highest BCUT2D eigenvalue weighted by molar-refractivity contribution is 4.86. The lowest BCUT2D eigenvalue weighted by molar-refractivity contribution is 0.140. The molecule has 0 aromatic heterocycles. The second kappa shape index (κ2) is 9.97. The molecule has 88 valence electrons. The SMILES string of the molecule is C#CCNCCN(CCOC)CC(C)C. The average Bonchev–Trinajstić information content (AvgIpc) is 2.19. The number of hydrogen-bond donors (Lipinski definition) is 1. The van der Waals surface area contributed by atoms with Gasteiger partial charge in [0.15, 0.2) is 0 Å². The molecule has 0 aliphatic heterocycles. The molecule has 0 amide bonds. The Balaban J connectivity index is 3.65. The van der Waals surface area contributed by atoms with Gasteiger partial charge in [-0.25, -0.2) is 0 Å². The largest absolute Gasteiger partial charge is 0.383 e. The predicted molar refractivity (Wildman–Crippen MR) is 64.9 cm³/mol. The second-order valence-corrected chi connectivity index (χ2v) is 4.07. The van der Waals surface area contributed by atoms with Gasteiger partial charge >= 0.3 is 0 Å². The zero-order valence-electron chi connectivity index (χ0n) is 10.3. The summed E-state index contributed by atoms with van der Waals surface area (Å²) in [5.74, 6) is 3.26. The maximum Gasteiger partial charge on any atom is 0.0589 e. The van der Waals surface area contributed by atoms with Gasteiger partial charge in [0.25, 0.3) is 0 Å². The van der Waals surface area contributed by atoms with Crippen LogP contribution in [0, 0.1) is 18.3 Å². The average molecular weight is 212 g/mol. The highest BCUT2D eigenvalue weighted by Crippen LogP contribution is 1.97. The van der Waals surface area contributed by atoms with Crippen LogP contribution in [0.4, 0.5) is 0 Å². The van der Waals surface area contributed by atoms with Gasteiger partial charge in [0.1, 0.15) is 0 Å². The van der Waals surface area contributed by atoms with Gasteiger partial charge in [0, 0.05) is 33.3 Å². The molecule has 3 heteroatoms. The fourth-order valence-corrected chi connectivity index (χ4v) is 1.43. The fourth-order valence-electron chi connectivity index (χ4n) is 1.43. The third-order valence-electron chi connectivity index (χ3n) is 2.07. The van der Waals surface area contributed by atoms with Gasteiger partial charge in [-0.05, 0) is 5.92 Å². The van der Waals surface area contributed by atoms with E-state index in [2.05, 4.69) is 30.0 Å². The van der Waals surface area contributed by atoms with Crippen LogP contribution in [0.5, 0.6) is 0 Å². The van der Waals surface area contributed by atoms with Crippen molar-refractivity contribution in [3.05, 3.63) is 0 Å². The third-order valence-corrected chi connectivity index (χ3v) is 2.07. The summed E-state index contributed by atoms with van der Waals surface area (Å²) >= 11 is 0. The summed E-state index contributed by atoms with van der Waals surface area (Å²) in [5.41, 5.74) is 0. The van der Waals surface area contributed by atoms with Crippen LogP contribution >= 0.6 is 0 Å². The normalized spacial score (nSPS) is 10.9. The molecule has 0 atom stereocenters. The lowest BCUT2D eigenvalue weighted by atomic mass is 10.2. The second-order valence-electron chi connectivity index (χ2n) is 4.07. The third kappa shape index (κ3) is 9.74. The van der Waals surface area contributed by atoms with Crippen LogP contribution < -0.4 is 5.32 Å². The van der Waals surface area contributed by atoms with Crippen molar-refractivity contribution in [1.82, 2.24) is 10.2 Å². The van der Waals surface area contributed by atoms with Crippen molar-refractivity contribution in [2.75, 3.05) is 46.4 Å². The highest BCUT2D eigenvalue weighted by atomic mass is 16.5. The summed E-state index contributed by atoms with van der Waals surface area (Å²) in [6, 6.07) is 0. The number of nitrogens with one attached hydrogen (secondary N) is 1. The van der Waals surface area contributed by atoms with E-state index in [1.165, 1.54) is 0 Å². The van der Waals surface area contributed by atoms with Crippen LogP contribution in [0.2, 0.25) is 0 Å². The van der Waals surface area contributed by atoms with Crippen molar-refractivity contribution in [1.29, 1.82) is 0 Å². The number of terminal acetylenes is 1. The van der Waals surface area contributed by atoms with Gasteiger partial charge in [-0.1, -0.05) is 19.8 Å². The molecule has 0 aromatic carbocycles. The van der Waals surface area contributed by atoms with Crippen molar-refractivity contribution < 1.29 is 4.74 Å². The Morgan fingerprint density at radius 2 is 2.13 bits per heavy atom. The van der Waals surface area contributed by atoms with E-state index in [1.807, 2.05) is 0 Å². The van der Waals surface area contributed by atoms with Crippen molar-refractivity contribution in [3.8, 4) is 12.3 Å². The first-order valence-corrected chi connectivity index (χ1v) is 5.56. The number of ether oxygens (including phenoxy) is 1. The molecule has 0 spiro atoms. The summed E-state index contributed by atoms with van der Waals surface area (Å²) in [6.07, 6.45) is 5.16. The zero-order chi connectivity index (χ0) is 11.5. The molecule has 0 bridgehead atoms. The summed E-state index contributed by atoms with van der Waals surface area (Å²) in [4.78, 5) is 2.40. The summed E-state index contributed by atoms with van der Waals surface area (Å²) < 4.78 is 5.09. The van der Waals surface area contributed by atoms with Crippen molar-refractivity contribution in [3.63, 3.8) is 0 Å². The van der Waals surface area contributed by atoms with E-state index in [4.69, 9.17) is 11.2 Å². The molecular formula is C12H24N2O. The Labute approximate surface area is 94.2 Å². The van der Waals surface area contributed by atoms with E-state index < -0.39 is 0 Å². The van der Waals surface area contributed by atoms with Crippen molar-refractivity contribution in [2.24, 2.45) is 5.92 Å². The quantitative estimate of drug-likeness (QED) is 0.452. The summed E-state index contributed by atoms with van der Waals surface area (Å²) in [7, 11) is 1.74. The highest BCUT2D eigenvalue weighted by Gasteiger charge is 2.05. The predicted octanol–water partition coefficient (Wildman–Crippen LogP) is 0.814. The van der Waals surface area contributed by atoms with Crippen LogP contribution in [0.3, 0.4) is 0 Å². The van der Waals surface area contributed by atoms with Gasteiger partial charge in [-0.3, -0.25) is 4.90 Å². The smallest absolute Gasteiger partial charge is 0.0589 e. The Bertz CT molecular complexity index is 175. The van der Waals surface area contributed by atoms with E-state index in [1.54, 1.807) is 7.11 Å². The van der Waals surface area contributed by atoms with Crippen LogP contribution in [0.1, 0.15) is 13.8 Å². The lowest BCUT2D eigenvalue weighted by Crippen LogP contribution is -2.36. The number of nitrogens with zero attached hydrogens (tertiary/aromatic N) is 1. The molecule has 0 aliphatic carbocycles. The molecule has 3 nitrogen and oxygen atoms in total. The Hall–Kier alpha value is -0.560. The molecule has 0 unspecified atom stereocenters. The minimum absolute atomic E-state index is 0.653. The van der Waals surface area contributed by atoms with Gasteiger partial charge in [0.2, 0.25) is 0 Å². The lowest BCUT2D eigenvalue weighted by Gasteiger charge is -2.23. The number of rotatable bonds is 9. The van der Waals surface area contributed by atoms with Crippen LogP contribution in [-0.4, -0.2) is 51.3 Å². The molecular weight excluding hydrogens is 188 g/mol. The Morgan fingerprint density at radius 3 is 2.67 bits per heavy atom. The van der Waals surface area contributed by atoms with Crippen LogP contribution in [-0.2, 0) is 4.74 Å². The minimum Gasteiger partial charge on any atom is -0.383 e. The molecule has 0 radical (unpaired) electrons. The molecule has 0 rings (SSSR count). The number of methoxy groups -OCH3 is 1. The molecule has 0 aliphatic rings. The fraction of sp³-hybridized carbons (Fsp3) is 0.833. The van der Waals surface area contributed by atoms with Crippen LogP contribution in [0.25, 0.3) is 0 Å². The van der Waals surface area contributed by atoms with E-state index >= 15 is 0 Å². The zero-order valence-corrected chi connectivity index (χ0v) is 10.3. The first-order chi connectivity index (χ1) is 7.20. The van der Waals surface area contributed by atoms with Gasteiger partial charge in [0.05, 0.1) is 13.2 Å². The standard InChI is InChI=1S/C12H24N2O/c1-5-6-13-7-8-14(9-10-15-4)11-12(2)3/h1,12-13H,6-11H2,2-4H3. The maximum atomic E-state index is 5.16. The van der Waals surface area contributed by atoms with Crippen molar-refractivity contribution >= 4 is 0 Å². The molecule has 0 fully saturated rings. The molecule has 15 heavy (non-hydrogen) atoms. The minimum atomic E-state index is 0.653. The molecule has 0 heterocycles. The molecule has 0 saturated carbocycles. The first kappa shape index (κ1) is 14.4. The monoisotopic (exact) mass is 212 g/mol. The first-order valence-electron chi connectivity index (χ1n) is 5.56. The van der Waals surface area contributed by atoms with E-state index in [-0.39, 0.29) is 0 Å². The molecule has 1 N–H and O–H groups in total. The maximum absolute atomic E-state index is 5.16. The van der Waals surface area contributed by atoms with E-state index in [9.17, 15) is 0 Å². The van der Waals surface area contributed by atoms with E-state index in [0.717, 1.165) is 32.8 Å². The van der Waals surface area contributed by atoms with Gasteiger partial charge in [-0.15, -0.1) is 6.42 Å². The Kier molecular flexibility index (Phi) is 9.60. The van der Waals surface area contributed by atoms with Crippen molar-refractivity contribution in [2.45, 2.75) is 13.8 Å². The number of hydrogen-bond acceptors (Lipinski definition) is 3. The molecule has 0 saturated heterocycles. The topological polar surface area (TPSA) is 24.5 Å². The van der Waals surface area contributed by atoms with Crippen LogP contribution in [0.15, 0.2) is 0 Å². The summed E-state index contributed by atoms with van der Waals surface area (Å²) in [5, 5.41) is 3.20. The van der Waals surface area contributed by atoms with Gasteiger partial charge in [-0.2, -0.15) is 0 Å².